The summed E-state index contributed by atoms with van der Waals surface area (Å²) < 4.78 is 40.0. The van der Waals surface area contributed by atoms with Crippen molar-refractivity contribution in [2.24, 2.45) is 10.3 Å². The highest BCUT2D eigenvalue weighted by Crippen LogP contribution is 2.36. The first kappa shape index (κ1) is 22.8. The molecule has 4 rings (SSSR count). The van der Waals surface area contributed by atoms with E-state index in [2.05, 4.69) is 4.40 Å². The van der Waals surface area contributed by atoms with E-state index in [4.69, 9.17) is 9.47 Å². The van der Waals surface area contributed by atoms with Gasteiger partial charge in [-0.1, -0.05) is 26.0 Å². The lowest BCUT2D eigenvalue weighted by molar-refractivity contribution is -0.148. The fourth-order valence-corrected chi connectivity index (χ4v) is 5.22. The highest BCUT2D eigenvalue weighted by Gasteiger charge is 2.36. The van der Waals surface area contributed by atoms with Gasteiger partial charge < -0.3 is 19.3 Å². The van der Waals surface area contributed by atoms with E-state index >= 15 is 0 Å². The van der Waals surface area contributed by atoms with E-state index in [0.29, 0.717) is 29.5 Å². The van der Waals surface area contributed by atoms with Gasteiger partial charge in [0, 0.05) is 12.1 Å². The number of carbonyl (C=O) groups excluding carboxylic acids is 2. The highest BCUT2D eigenvalue weighted by molar-refractivity contribution is 7.90. The van der Waals surface area contributed by atoms with Crippen LogP contribution in [0.1, 0.15) is 31.1 Å². The summed E-state index contributed by atoms with van der Waals surface area (Å²) >= 11 is 0. The molecule has 0 radical (unpaired) electrons. The second kappa shape index (κ2) is 8.51. The van der Waals surface area contributed by atoms with Crippen LogP contribution in [0, 0.1) is 5.92 Å². The Morgan fingerprint density at radius 1 is 1.18 bits per heavy atom. The van der Waals surface area contributed by atoms with E-state index in [1.165, 1.54) is 18.1 Å². The molecule has 0 saturated heterocycles. The van der Waals surface area contributed by atoms with Crippen LogP contribution < -0.4 is 14.5 Å². The minimum atomic E-state index is -3.96. The first-order valence-corrected chi connectivity index (χ1v) is 11.9. The number of esters is 1. The van der Waals surface area contributed by atoms with Gasteiger partial charge in [-0.2, -0.15) is 8.42 Å². The van der Waals surface area contributed by atoms with Gasteiger partial charge in [0.05, 0.1) is 25.0 Å². The maximum absolute atomic E-state index is 13.5. The van der Waals surface area contributed by atoms with Crippen LogP contribution in [0.5, 0.6) is 5.75 Å². The molecule has 0 N–H and O–H groups in total. The summed E-state index contributed by atoms with van der Waals surface area (Å²) in [6.07, 6.45) is -0.996. The maximum Gasteiger partial charge on any atom is 0.348 e. The van der Waals surface area contributed by atoms with Crippen LogP contribution in [-0.2, 0) is 19.6 Å². The number of anilines is 2. The van der Waals surface area contributed by atoms with Crippen LogP contribution in [-0.4, -0.2) is 52.4 Å². The maximum atomic E-state index is 13.5. The Hall–Kier alpha value is -3.40. The zero-order valence-corrected chi connectivity index (χ0v) is 19.6. The fourth-order valence-electron chi connectivity index (χ4n) is 3.96. The molecule has 2 aromatic carbocycles. The minimum absolute atomic E-state index is 0.0225. The molecule has 0 saturated carbocycles. The Balaban J connectivity index is 1.75. The lowest BCUT2D eigenvalue weighted by atomic mass is 10.1. The molecule has 1 amide bonds. The molecule has 0 aromatic heterocycles. The van der Waals surface area contributed by atoms with Gasteiger partial charge >= 0.3 is 5.97 Å². The molecular formula is C23H25N3O6S. The number of para-hydroxylation sites is 2. The molecule has 9 nitrogen and oxygen atoms in total. The minimum Gasteiger partial charge on any atom is -0.475 e. The third kappa shape index (κ3) is 4.18. The second-order valence-electron chi connectivity index (χ2n) is 8.31. The summed E-state index contributed by atoms with van der Waals surface area (Å²) in [6.45, 7) is 6.23. The largest absolute Gasteiger partial charge is 0.475 e. The van der Waals surface area contributed by atoms with Gasteiger partial charge in [0.2, 0.25) is 6.10 Å². The Kier molecular flexibility index (Phi) is 5.87. The van der Waals surface area contributed by atoms with Crippen LogP contribution in [0.3, 0.4) is 0 Å². The molecule has 2 aliphatic heterocycles. The Labute approximate surface area is 192 Å². The topological polar surface area (TPSA) is 106 Å². The number of rotatable bonds is 4. The predicted octanol–water partition coefficient (Wildman–Crippen LogP) is 2.85. The van der Waals surface area contributed by atoms with Gasteiger partial charge in [0.25, 0.3) is 15.9 Å². The number of carbonyl (C=O) groups is 2. The number of fused-ring (bicyclic) bond motifs is 2. The normalized spacial score (nSPS) is 18.7. The molecule has 1 atom stereocenters. The number of nitrogens with zero attached hydrogens (tertiary/aromatic N) is 3. The van der Waals surface area contributed by atoms with Crippen molar-refractivity contribution in [3.63, 3.8) is 0 Å². The standard InChI is InChI=1S/C23H25N3O6S/c1-14(2)12-25-15(3)24-33(29,30)21-11-16(9-10-18(21)25)22(27)26-13-20(23(28)31-4)32-19-8-6-5-7-17(19)26/h5-11,14,20H,12-13H2,1-4H3/t20-/m1/s1. The predicted molar refractivity (Wildman–Crippen MR) is 123 cm³/mol. The van der Waals surface area contributed by atoms with Crippen molar-refractivity contribution in [3.05, 3.63) is 48.0 Å². The molecule has 33 heavy (non-hydrogen) atoms. The Morgan fingerprint density at radius 3 is 2.61 bits per heavy atom. The lowest BCUT2D eigenvalue weighted by Crippen LogP contribution is -2.47. The first-order valence-electron chi connectivity index (χ1n) is 10.5. The summed E-state index contributed by atoms with van der Waals surface area (Å²) in [4.78, 5) is 28.9. The third-order valence-corrected chi connectivity index (χ3v) is 6.84. The van der Waals surface area contributed by atoms with Gasteiger partial charge in [-0.15, -0.1) is 4.40 Å². The van der Waals surface area contributed by atoms with Crippen molar-refractivity contribution < 1.29 is 27.5 Å². The molecule has 2 heterocycles. The number of ether oxygens (including phenoxy) is 2. The molecule has 2 aliphatic rings. The van der Waals surface area contributed by atoms with E-state index in [0.717, 1.165) is 0 Å². The van der Waals surface area contributed by atoms with Gasteiger partial charge in [-0.3, -0.25) is 4.79 Å². The van der Waals surface area contributed by atoms with E-state index < -0.39 is 28.0 Å². The molecule has 174 valence electrons. The molecule has 0 spiro atoms. The summed E-state index contributed by atoms with van der Waals surface area (Å²) in [7, 11) is -2.71. The van der Waals surface area contributed by atoms with Crippen LogP contribution in [0.2, 0.25) is 0 Å². The number of amides is 1. The fraction of sp³-hybridized carbons (Fsp3) is 0.348. The molecular weight excluding hydrogens is 446 g/mol. The number of sulfonamides is 1. The molecule has 0 aliphatic carbocycles. The zero-order chi connectivity index (χ0) is 23.9. The zero-order valence-electron chi connectivity index (χ0n) is 18.8. The van der Waals surface area contributed by atoms with Crippen LogP contribution in [0.15, 0.2) is 51.8 Å². The van der Waals surface area contributed by atoms with Gasteiger partial charge in [-0.25, -0.2) is 4.79 Å². The Morgan fingerprint density at radius 2 is 1.91 bits per heavy atom. The highest BCUT2D eigenvalue weighted by atomic mass is 32.2. The van der Waals surface area contributed by atoms with Crippen LogP contribution >= 0.6 is 0 Å². The van der Waals surface area contributed by atoms with Gasteiger partial charge in [-0.05, 0) is 43.2 Å². The number of benzene rings is 2. The number of hydrogen-bond donors (Lipinski definition) is 0. The van der Waals surface area contributed by atoms with Crippen molar-refractivity contribution in [2.45, 2.75) is 31.8 Å². The number of amidine groups is 1. The molecule has 0 fully saturated rings. The van der Waals surface area contributed by atoms with Crippen molar-refractivity contribution in [2.75, 3.05) is 30.0 Å². The average Bonchev–Trinajstić information content (AvgIpc) is 2.79. The second-order valence-corrected chi connectivity index (χ2v) is 9.89. The lowest BCUT2D eigenvalue weighted by Gasteiger charge is -2.34. The SMILES string of the molecule is COC(=O)[C@H]1CN(C(=O)c2ccc3c(c2)S(=O)(=O)N=C(C)N3CC(C)C)c2ccccc2O1. The van der Waals surface area contributed by atoms with Crippen LogP contribution in [0.4, 0.5) is 11.4 Å². The average molecular weight is 472 g/mol. The van der Waals surface area contributed by atoms with Crippen molar-refractivity contribution in [3.8, 4) is 5.75 Å². The molecule has 10 heteroatoms. The van der Waals surface area contributed by atoms with Gasteiger partial charge in [0.1, 0.15) is 16.5 Å². The van der Waals surface area contributed by atoms with Crippen molar-refractivity contribution >= 4 is 39.1 Å². The summed E-state index contributed by atoms with van der Waals surface area (Å²) in [5, 5.41) is 0. The van der Waals surface area contributed by atoms with Crippen molar-refractivity contribution in [1.82, 2.24) is 0 Å². The van der Waals surface area contributed by atoms with E-state index in [-0.39, 0.29) is 22.9 Å². The number of methoxy groups -OCH3 is 1. The molecule has 2 aromatic rings. The van der Waals surface area contributed by atoms with Crippen molar-refractivity contribution in [1.29, 1.82) is 0 Å². The summed E-state index contributed by atoms with van der Waals surface area (Å²) in [5.41, 5.74) is 1.14. The smallest absolute Gasteiger partial charge is 0.348 e. The monoisotopic (exact) mass is 471 g/mol. The first-order chi connectivity index (χ1) is 15.6. The summed E-state index contributed by atoms with van der Waals surface area (Å²) in [6, 6.07) is 11.4. The third-order valence-electron chi connectivity index (χ3n) is 5.45. The van der Waals surface area contributed by atoms with E-state index in [1.54, 1.807) is 43.3 Å². The Bertz CT molecular complexity index is 1250. The summed E-state index contributed by atoms with van der Waals surface area (Å²) in [5.74, 6) is -0.0475. The molecule has 0 bridgehead atoms. The quantitative estimate of drug-likeness (QED) is 0.631. The van der Waals surface area contributed by atoms with E-state index in [1.807, 2.05) is 18.7 Å². The molecule has 0 unspecified atom stereocenters. The van der Waals surface area contributed by atoms with E-state index in [9.17, 15) is 18.0 Å². The van der Waals surface area contributed by atoms with Gasteiger partial charge in [0.15, 0.2) is 0 Å². The van der Waals surface area contributed by atoms with Crippen LogP contribution in [0.25, 0.3) is 0 Å². The number of hydrogen-bond acceptors (Lipinski definition) is 7.